The Morgan fingerprint density at radius 2 is 2.00 bits per heavy atom. The molecule has 194 valence electrons. The normalized spacial score (nSPS) is 15.4. The number of aromatic nitrogens is 2. The van der Waals surface area contributed by atoms with Gasteiger partial charge in [0.2, 0.25) is 0 Å². The van der Waals surface area contributed by atoms with Crippen molar-refractivity contribution in [2.45, 2.75) is 25.4 Å². The van der Waals surface area contributed by atoms with Gasteiger partial charge in [0.05, 0.1) is 17.5 Å². The number of anilines is 1. The molecular formula is C29H26F2N4O2S. The lowest BCUT2D eigenvalue weighted by Gasteiger charge is -2.26. The Balaban J connectivity index is 1.21. The predicted octanol–water partition coefficient (Wildman–Crippen LogP) is 6.75. The number of nitrogens with zero attached hydrogens (tertiary/aromatic N) is 3. The summed E-state index contributed by atoms with van der Waals surface area (Å²) in [6, 6.07) is 17.2. The zero-order valence-corrected chi connectivity index (χ0v) is 21.4. The third-order valence-corrected chi connectivity index (χ3v) is 7.76. The summed E-state index contributed by atoms with van der Waals surface area (Å²) in [6.45, 7) is 1.47. The van der Waals surface area contributed by atoms with Crippen LogP contribution in [0.5, 0.6) is 0 Å². The Morgan fingerprint density at radius 1 is 1.13 bits per heavy atom. The number of urea groups is 1. The molecule has 0 saturated carbocycles. The highest BCUT2D eigenvalue weighted by atomic mass is 32.1. The molecule has 1 aliphatic rings. The van der Waals surface area contributed by atoms with E-state index in [0.29, 0.717) is 26.1 Å². The molecule has 3 heterocycles. The number of rotatable bonds is 7. The highest BCUT2D eigenvalue weighted by Gasteiger charge is 2.24. The average molecular weight is 533 g/mol. The van der Waals surface area contributed by atoms with Gasteiger partial charge in [0.1, 0.15) is 11.6 Å². The molecule has 1 unspecified atom stereocenters. The van der Waals surface area contributed by atoms with E-state index in [1.54, 1.807) is 16.2 Å². The van der Waals surface area contributed by atoms with E-state index in [4.69, 9.17) is 9.72 Å². The van der Waals surface area contributed by atoms with E-state index in [0.717, 1.165) is 52.3 Å². The molecule has 0 aliphatic carbocycles. The second-order valence-corrected chi connectivity index (χ2v) is 10.3. The van der Waals surface area contributed by atoms with Crippen molar-refractivity contribution in [3.63, 3.8) is 0 Å². The molecule has 0 radical (unpaired) electrons. The molecule has 0 spiro atoms. The highest BCUT2D eigenvalue weighted by molar-refractivity contribution is 7.15. The standard InChI is InChI=1S/C29H26F2N4O2S/c30-22-9-10-26(25(31)15-22)32-28(36)34(16-24-6-3-13-37-24)12-11-23-18-38-29-33-27(17-35(23)29)21-8-7-19-4-1-2-5-20(19)14-21/h1-2,4-5,7-10,14-15,17-18,24H,3,6,11-13,16H2,(H,32,36). The summed E-state index contributed by atoms with van der Waals surface area (Å²) in [5.74, 6) is -1.50. The van der Waals surface area contributed by atoms with Gasteiger partial charge in [-0.2, -0.15) is 0 Å². The largest absolute Gasteiger partial charge is 0.376 e. The number of imidazole rings is 1. The summed E-state index contributed by atoms with van der Waals surface area (Å²) in [5.41, 5.74) is 2.92. The molecule has 3 aromatic carbocycles. The summed E-state index contributed by atoms with van der Waals surface area (Å²) >= 11 is 1.55. The summed E-state index contributed by atoms with van der Waals surface area (Å²) in [5, 5.41) is 6.99. The van der Waals surface area contributed by atoms with Gasteiger partial charge in [0.25, 0.3) is 0 Å². The summed E-state index contributed by atoms with van der Waals surface area (Å²) in [7, 11) is 0. The van der Waals surface area contributed by atoms with Crippen molar-refractivity contribution in [2.24, 2.45) is 0 Å². The van der Waals surface area contributed by atoms with Gasteiger partial charge in [-0.25, -0.2) is 18.6 Å². The zero-order chi connectivity index (χ0) is 26.1. The topological polar surface area (TPSA) is 58.9 Å². The molecule has 1 aliphatic heterocycles. The molecule has 38 heavy (non-hydrogen) atoms. The number of hydrogen-bond donors (Lipinski definition) is 1. The number of nitrogens with one attached hydrogen (secondary N) is 1. The maximum Gasteiger partial charge on any atom is 0.322 e. The van der Waals surface area contributed by atoms with Crippen molar-refractivity contribution in [1.82, 2.24) is 14.3 Å². The van der Waals surface area contributed by atoms with E-state index >= 15 is 0 Å². The minimum Gasteiger partial charge on any atom is -0.376 e. The number of thiazole rings is 1. The maximum absolute atomic E-state index is 14.2. The lowest BCUT2D eigenvalue weighted by molar-refractivity contribution is 0.0838. The molecule has 1 atom stereocenters. The smallest absolute Gasteiger partial charge is 0.322 e. The monoisotopic (exact) mass is 532 g/mol. The van der Waals surface area contributed by atoms with Crippen LogP contribution < -0.4 is 5.32 Å². The van der Waals surface area contributed by atoms with E-state index in [1.807, 2.05) is 23.7 Å². The van der Waals surface area contributed by atoms with E-state index < -0.39 is 17.7 Å². The van der Waals surface area contributed by atoms with E-state index in [9.17, 15) is 13.6 Å². The highest BCUT2D eigenvalue weighted by Crippen LogP contribution is 2.27. The van der Waals surface area contributed by atoms with Crippen molar-refractivity contribution >= 4 is 38.8 Å². The molecule has 1 saturated heterocycles. The van der Waals surface area contributed by atoms with Crippen molar-refractivity contribution < 1.29 is 18.3 Å². The Labute approximate surface area is 222 Å². The SMILES string of the molecule is O=C(Nc1ccc(F)cc1F)N(CCc1csc2nc(-c3ccc4ccccc4c3)cn12)CC1CCCO1. The van der Waals surface area contributed by atoms with Gasteiger partial charge in [0, 0.05) is 55.0 Å². The third-order valence-electron chi connectivity index (χ3n) is 6.87. The first kappa shape index (κ1) is 24.5. The van der Waals surface area contributed by atoms with E-state index in [1.165, 1.54) is 11.5 Å². The van der Waals surface area contributed by atoms with Crippen LogP contribution in [-0.4, -0.2) is 46.1 Å². The van der Waals surface area contributed by atoms with E-state index in [2.05, 4.69) is 40.0 Å². The first-order chi connectivity index (χ1) is 18.5. The van der Waals surface area contributed by atoms with Crippen LogP contribution >= 0.6 is 11.3 Å². The quantitative estimate of drug-likeness (QED) is 0.252. The number of ether oxygens (including phenoxy) is 1. The summed E-state index contributed by atoms with van der Waals surface area (Å²) in [6.07, 6.45) is 4.37. The fourth-order valence-electron chi connectivity index (χ4n) is 4.84. The number of carbonyl (C=O) groups is 1. The molecule has 6 rings (SSSR count). The fourth-order valence-corrected chi connectivity index (χ4v) is 5.75. The van der Waals surface area contributed by atoms with Crippen LogP contribution in [0.15, 0.2) is 72.2 Å². The van der Waals surface area contributed by atoms with Crippen molar-refractivity contribution in [3.05, 3.63) is 89.6 Å². The molecule has 5 aromatic rings. The van der Waals surface area contributed by atoms with Gasteiger partial charge >= 0.3 is 6.03 Å². The second kappa shape index (κ2) is 10.5. The Morgan fingerprint density at radius 3 is 2.82 bits per heavy atom. The minimum absolute atomic E-state index is 0.0544. The van der Waals surface area contributed by atoms with Gasteiger partial charge in [-0.15, -0.1) is 11.3 Å². The predicted molar refractivity (Wildman–Crippen MR) is 146 cm³/mol. The van der Waals surface area contributed by atoms with Gasteiger partial charge in [-0.1, -0.05) is 36.4 Å². The number of benzene rings is 3. The number of amides is 2. The fraction of sp³-hybridized carbons (Fsp3) is 0.241. The summed E-state index contributed by atoms with van der Waals surface area (Å²) < 4.78 is 35.3. The van der Waals surface area contributed by atoms with Crippen LogP contribution in [-0.2, 0) is 11.2 Å². The second-order valence-electron chi connectivity index (χ2n) is 9.45. The van der Waals surface area contributed by atoms with Crippen molar-refractivity contribution in [2.75, 3.05) is 25.0 Å². The van der Waals surface area contributed by atoms with Crippen LogP contribution in [0, 0.1) is 11.6 Å². The molecule has 0 bridgehead atoms. The first-order valence-corrected chi connectivity index (χ1v) is 13.5. The average Bonchev–Trinajstić information content (AvgIpc) is 3.66. The summed E-state index contributed by atoms with van der Waals surface area (Å²) in [4.78, 5) is 20.5. The third kappa shape index (κ3) is 5.12. The van der Waals surface area contributed by atoms with Gasteiger partial charge in [-0.3, -0.25) is 4.40 Å². The molecule has 1 fully saturated rings. The Kier molecular flexibility index (Phi) is 6.78. The first-order valence-electron chi connectivity index (χ1n) is 12.6. The van der Waals surface area contributed by atoms with Crippen LogP contribution in [0.1, 0.15) is 18.5 Å². The molecule has 6 nitrogen and oxygen atoms in total. The molecule has 2 aromatic heterocycles. The Bertz CT molecular complexity index is 1610. The molecule has 2 amide bonds. The van der Waals surface area contributed by atoms with Gasteiger partial charge in [-0.05, 0) is 41.8 Å². The zero-order valence-electron chi connectivity index (χ0n) is 20.6. The van der Waals surface area contributed by atoms with Crippen LogP contribution in [0.25, 0.3) is 27.0 Å². The van der Waals surface area contributed by atoms with E-state index in [-0.39, 0.29) is 11.8 Å². The van der Waals surface area contributed by atoms with Crippen molar-refractivity contribution in [1.29, 1.82) is 0 Å². The molecule has 9 heteroatoms. The number of hydrogen-bond acceptors (Lipinski definition) is 4. The van der Waals surface area contributed by atoms with Gasteiger partial charge in [0.15, 0.2) is 4.96 Å². The number of carbonyl (C=O) groups excluding carboxylic acids is 1. The number of halogens is 2. The van der Waals surface area contributed by atoms with Crippen LogP contribution in [0.4, 0.5) is 19.3 Å². The molecule has 1 N–H and O–H groups in total. The minimum atomic E-state index is -0.811. The lowest BCUT2D eigenvalue weighted by atomic mass is 10.1. The number of fused-ring (bicyclic) bond motifs is 2. The van der Waals surface area contributed by atoms with Crippen molar-refractivity contribution in [3.8, 4) is 11.3 Å². The lowest BCUT2D eigenvalue weighted by Crippen LogP contribution is -2.41. The molecular weight excluding hydrogens is 506 g/mol. The van der Waals surface area contributed by atoms with Crippen LogP contribution in [0.3, 0.4) is 0 Å². The maximum atomic E-state index is 14.2. The van der Waals surface area contributed by atoms with Gasteiger partial charge < -0.3 is 15.0 Å². The Hall–Kier alpha value is -3.82. The van der Waals surface area contributed by atoms with Crippen LogP contribution in [0.2, 0.25) is 0 Å².